The standard InChI is InChI=1S/C21H25NO5/c1-24-18-10-9-17(19(25-2)20(18)26-3)21(23)22-11-12-27-16-8-7-14-5-4-6-15(14)13-16/h7-10,13H,4-6,11-12H2,1-3H3,(H,22,23). The summed E-state index contributed by atoms with van der Waals surface area (Å²) < 4.78 is 21.7. The molecule has 2 aromatic carbocycles. The smallest absolute Gasteiger partial charge is 0.255 e. The molecule has 1 aliphatic rings. The summed E-state index contributed by atoms with van der Waals surface area (Å²) >= 11 is 0. The minimum atomic E-state index is -0.259. The molecule has 0 fully saturated rings. The third-order valence-electron chi connectivity index (χ3n) is 4.68. The first-order valence-electron chi connectivity index (χ1n) is 8.99. The molecule has 0 saturated heterocycles. The molecule has 0 aromatic heterocycles. The van der Waals surface area contributed by atoms with Crippen molar-refractivity contribution in [3.63, 3.8) is 0 Å². The Labute approximate surface area is 159 Å². The summed E-state index contributed by atoms with van der Waals surface area (Å²) in [6.45, 7) is 0.771. The minimum absolute atomic E-state index is 0.259. The van der Waals surface area contributed by atoms with Gasteiger partial charge in [-0.2, -0.15) is 0 Å². The zero-order valence-corrected chi connectivity index (χ0v) is 16.0. The van der Waals surface area contributed by atoms with Crippen LogP contribution in [0.5, 0.6) is 23.0 Å². The normalized spacial score (nSPS) is 12.3. The van der Waals surface area contributed by atoms with Crippen LogP contribution in [0, 0.1) is 0 Å². The highest BCUT2D eigenvalue weighted by atomic mass is 16.5. The van der Waals surface area contributed by atoms with Crippen LogP contribution in [-0.4, -0.2) is 40.4 Å². The van der Waals surface area contributed by atoms with Gasteiger partial charge in [0.05, 0.1) is 33.4 Å². The van der Waals surface area contributed by atoms with E-state index in [1.165, 1.54) is 38.9 Å². The van der Waals surface area contributed by atoms with E-state index in [0.717, 1.165) is 18.6 Å². The van der Waals surface area contributed by atoms with Gasteiger partial charge in [-0.15, -0.1) is 0 Å². The maximum Gasteiger partial charge on any atom is 0.255 e. The van der Waals surface area contributed by atoms with E-state index < -0.39 is 0 Å². The van der Waals surface area contributed by atoms with E-state index in [-0.39, 0.29) is 5.91 Å². The summed E-state index contributed by atoms with van der Waals surface area (Å²) in [5.74, 6) is 1.82. The molecule has 0 aliphatic heterocycles. The fourth-order valence-corrected chi connectivity index (χ4v) is 3.35. The number of carbonyl (C=O) groups is 1. The second-order valence-corrected chi connectivity index (χ2v) is 6.27. The molecule has 1 N–H and O–H groups in total. The third-order valence-corrected chi connectivity index (χ3v) is 4.68. The van der Waals surface area contributed by atoms with Gasteiger partial charge in [0.15, 0.2) is 11.5 Å². The van der Waals surface area contributed by atoms with Crippen LogP contribution in [0.4, 0.5) is 0 Å². The van der Waals surface area contributed by atoms with Crippen LogP contribution in [0.25, 0.3) is 0 Å². The summed E-state index contributed by atoms with van der Waals surface area (Å²) in [5, 5.41) is 2.84. The predicted molar refractivity (Wildman–Crippen MR) is 102 cm³/mol. The maximum atomic E-state index is 12.5. The van der Waals surface area contributed by atoms with E-state index in [2.05, 4.69) is 17.4 Å². The van der Waals surface area contributed by atoms with Gasteiger partial charge in [0.2, 0.25) is 5.75 Å². The Morgan fingerprint density at radius 3 is 2.48 bits per heavy atom. The molecular weight excluding hydrogens is 346 g/mol. The molecule has 0 spiro atoms. The van der Waals surface area contributed by atoms with Crippen molar-refractivity contribution in [2.75, 3.05) is 34.5 Å². The number of amides is 1. The molecule has 3 rings (SSSR count). The van der Waals surface area contributed by atoms with Gasteiger partial charge in [-0.05, 0) is 54.7 Å². The molecule has 6 nitrogen and oxygen atoms in total. The van der Waals surface area contributed by atoms with Crippen molar-refractivity contribution in [2.45, 2.75) is 19.3 Å². The van der Waals surface area contributed by atoms with Crippen LogP contribution in [0.15, 0.2) is 30.3 Å². The minimum Gasteiger partial charge on any atom is -0.493 e. The second-order valence-electron chi connectivity index (χ2n) is 6.27. The monoisotopic (exact) mass is 371 g/mol. The quantitative estimate of drug-likeness (QED) is 0.723. The number of carbonyl (C=O) groups excluding carboxylic acids is 1. The number of aryl methyl sites for hydroxylation is 2. The Hall–Kier alpha value is -2.89. The topological polar surface area (TPSA) is 66.0 Å². The highest BCUT2D eigenvalue weighted by Gasteiger charge is 2.20. The number of rotatable bonds is 8. The fourth-order valence-electron chi connectivity index (χ4n) is 3.35. The van der Waals surface area contributed by atoms with Crippen molar-refractivity contribution in [2.24, 2.45) is 0 Å². The molecule has 2 aromatic rings. The number of ether oxygens (including phenoxy) is 4. The molecule has 144 valence electrons. The molecule has 0 unspecified atom stereocenters. The van der Waals surface area contributed by atoms with Gasteiger partial charge in [-0.1, -0.05) is 6.07 Å². The van der Waals surface area contributed by atoms with Crippen molar-refractivity contribution in [3.05, 3.63) is 47.0 Å². The van der Waals surface area contributed by atoms with Crippen LogP contribution < -0.4 is 24.3 Å². The van der Waals surface area contributed by atoms with Crippen molar-refractivity contribution >= 4 is 5.91 Å². The number of nitrogens with one attached hydrogen (secondary N) is 1. The third kappa shape index (κ3) is 4.10. The maximum absolute atomic E-state index is 12.5. The van der Waals surface area contributed by atoms with Crippen LogP contribution in [0.2, 0.25) is 0 Å². The van der Waals surface area contributed by atoms with Crippen LogP contribution in [0.3, 0.4) is 0 Å². The second kappa shape index (κ2) is 8.66. The van der Waals surface area contributed by atoms with Gasteiger partial charge < -0.3 is 24.3 Å². The van der Waals surface area contributed by atoms with E-state index in [1.807, 2.05) is 6.07 Å². The zero-order valence-electron chi connectivity index (χ0n) is 16.0. The molecule has 1 aliphatic carbocycles. The first-order chi connectivity index (χ1) is 13.2. The SMILES string of the molecule is COc1ccc(C(=O)NCCOc2ccc3c(c2)CCC3)c(OC)c1OC. The Morgan fingerprint density at radius 1 is 0.963 bits per heavy atom. The Kier molecular flexibility index (Phi) is 6.06. The number of fused-ring (bicyclic) bond motifs is 1. The lowest BCUT2D eigenvalue weighted by molar-refractivity contribution is 0.0943. The van der Waals surface area contributed by atoms with Crippen LogP contribution in [-0.2, 0) is 12.8 Å². The zero-order chi connectivity index (χ0) is 19.2. The number of methoxy groups -OCH3 is 3. The molecule has 0 heterocycles. The lowest BCUT2D eigenvalue weighted by Crippen LogP contribution is -2.28. The summed E-state index contributed by atoms with van der Waals surface area (Å²) in [6.07, 6.45) is 3.48. The van der Waals surface area contributed by atoms with Gasteiger partial charge >= 0.3 is 0 Å². The number of hydrogen-bond acceptors (Lipinski definition) is 5. The van der Waals surface area contributed by atoms with E-state index in [9.17, 15) is 4.79 Å². The Balaban J connectivity index is 1.58. The van der Waals surface area contributed by atoms with Crippen molar-refractivity contribution in [3.8, 4) is 23.0 Å². The molecule has 0 bridgehead atoms. The van der Waals surface area contributed by atoms with Crippen molar-refractivity contribution < 1.29 is 23.7 Å². The van der Waals surface area contributed by atoms with Crippen molar-refractivity contribution in [1.29, 1.82) is 0 Å². The molecule has 27 heavy (non-hydrogen) atoms. The Morgan fingerprint density at radius 2 is 1.74 bits per heavy atom. The van der Waals surface area contributed by atoms with E-state index >= 15 is 0 Å². The van der Waals surface area contributed by atoms with Gasteiger partial charge in [-0.3, -0.25) is 4.79 Å². The van der Waals surface area contributed by atoms with E-state index in [0.29, 0.717) is 36.0 Å². The van der Waals surface area contributed by atoms with Gasteiger partial charge in [0, 0.05) is 0 Å². The Bertz CT molecular complexity index is 818. The average Bonchev–Trinajstić information content (AvgIpc) is 3.17. The molecule has 0 radical (unpaired) electrons. The van der Waals surface area contributed by atoms with Crippen molar-refractivity contribution in [1.82, 2.24) is 5.32 Å². The molecule has 1 amide bonds. The summed E-state index contributed by atoms with van der Waals surface area (Å²) in [4.78, 5) is 12.5. The summed E-state index contributed by atoms with van der Waals surface area (Å²) in [7, 11) is 4.53. The lowest BCUT2D eigenvalue weighted by atomic mass is 10.1. The van der Waals surface area contributed by atoms with Gasteiger partial charge in [0.25, 0.3) is 5.91 Å². The molecule has 0 saturated carbocycles. The van der Waals surface area contributed by atoms with E-state index in [4.69, 9.17) is 18.9 Å². The number of hydrogen-bond donors (Lipinski definition) is 1. The van der Waals surface area contributed by atoms with Crippen LogP contribution in [0.1, 0.15) is 27.9 Å². The summed E-state index contributed by atoms with van der Waals surface area (Å²) in [6, 6.07) is 9.55. The van der Waals surface area contributed by atoms with Crippen LogP contribution >= 0.6 is 0 Å². The highest BCUT2D eigenvalue weighted by Crippen LogP contribution is 2.39. The van der Waals surface area contributed by atoms with E-state index in [1.54, 1.807) is 12.1 Å². The summed E-state index contributed by atoms with van der Waals surface area (Å²) in [5.41, 5.74) is 3.16. The van der Waals surface area contributed by atoms with Gasteiger partial charge in [-0.25, -0.2) is 0 Å². The molecule has 6 heteroatoms. The molecular formula is C21H25NO5. The lowest BCUT2D eigenvalue weighted by Gasteiger charge is -2.15. The molecule has 0 atom stereocenters. The first-order valence-corrected chi connectivity index (χ1v) is 8.99. The first kappa shape index (κ1) is 18.9. The fraction of sp³-hybridized carbons (Fsp3) is 0.381. The van der Waals surface area contributed by atoms with Gasteiger partial charge in [0.1, 0.15) is 12.4 Å². The number of benzene rings is 2. The highest BCUT2D eigenvalue weighted by molar-refractivity contribution is 5.98. The predicted octanol–water partition coefficient (Wildman–Crippen LogP) is 3.01. The average molecular weight is 371 g/mol. The largest absolute Gasteiger partial charge is 0.493 e.